The van der Waals surface area contributed by atoms with Crippen molar-refractivity contribution in [2.45, 2.75) is 18.2 Å². The molecule has 1 nitrogen and oxygen atoms in total. The summed E-state index contributed by atoms with van der Waals surface area (Å²) in [6.45, 7) is 2.20. The van der Waals surface area contributed by atoms with Gasteiger partial charge in [0.05, 0.1) is 0 Å². The monoisotopic (exact) mass is 120 g/mol. The number of hydrogen-bond donors (Lipinski definition) is 1. The van der Waals surface area contributed by atoms with Crippen molar-refractivity contribution in [3.05, 3.63) is 0 Å². The molecule has 0 amide bonds. The van der Waals surface area contributed by atoms with Crippen LogP contribution in [0, 0.1) is 5.92 Å². The van der Waals surface area contributed by atoms with Crippen molar-refractivity contribution in [2.24, 2.45) is 5.92 Å². The number of halogens is 1. The Morgan fingerprint density at radius 2 is 2.43 bits per heavy atom. The molecular formula is C5H9ClO. The highest BCUT2D eigenvalue weighted by atomic mass is 35.5. The maximum Gasteiger partial charge on any atom is 0.0476 e. The Hall–Kier alpha value is 0.250. The molecule has 0 radical (unpaired) electrons. The van der Waals surface area contributed by atoms with Gasteiger partial charge >= 0.3 is 0 Å². The Morgan fingerprint density at radius 3 is 2.43 bits per heavy atom. The average Bonchev–Trinajstić information content (AvgIpc) is 2.13. The van der Waals surface area contributed by atoms with E-state index in [0.717, 1.165) is 6.42 Å². The van der Waals surface area contributed by atoms with Crippen LogP contribution in [0.2, 0.25) is 0 Å². The lowest BCUT2D eigenvalue weighted by Crippen LogP contribution is -1.96. The highest BCUT2D eigenvalue weighted by molar-refractivity contribution is 6.25. The Balaban J connectivity index is 2.30. The summed E-state index contributed by atoms with van der Waals surface area (Å²) in [5.41, 5.74) is 0. The molecule has 1 aliphatic carbocycles. The summed E-state index contributed by atoms with van der Waals surface area (Å²) in [5, 5.41) is 8.46. The molecule has 1 fully saturated rings. The number of aliphatic hydroxyl groups excluding tert-OH is 1. The van der Waals surface area contributed by atoms with E-state index in [9.17, 15) is 0 Å². The Labute approximate surface area is 48.3 Å². The standard InChI is InChI=1S/C5H9ClO/c1-5(6)2-4(5)3-7/h4,7H,2-3H2,1H3. The van der Waals surface area contributed by atoms with Gasteiger partial charge in [0.1, 0.15) is 0 Å². The molecule has 1 aliphatic rings. The fourth-order valence-electron chi connectivity index (χ4n) is 0.678. The van der Waals surface area contributed by atoms with Gasteiger partial charge in [-0.2, -0.15) is 0 Å². The number of rotatable bonds is 1. The Kier molecular flexibility index (Phi) is 1.05. The van der Waals surface area contributed by atoms with E-state index in [4.69, 9.17) is 16.7 Å². The molecule has 0 aromatic carbocycles. The molecule has 1 rings (SSSR count). The zero-order chi connectivity index (χ0) is 5.49. The third-order valence-corrected chi connectivity index (χ3v) is 2.02. The summed E-state index contributed by atoms with van der Waals surface area (Å²) >= 11 is 5.75. The molecule has 0 spiro atoms. The molecule has 0 aromatic rings. The summed E-state index contributed by atoms with van der Waals surface area (Å²) in [6, 6.07) is 0. The molecule has 7 heavy (non-hydrogen) atoms. The lowest BCUT2D eigenvalue weighted by Gasteiger charge is -1.92. The fraction of sp³-hybridized carbons (Fsp3) is 1.00. The highest BCUT2D eigenvalue weighted by Gasteiger charge is 2.47. The zero-order valence-electron chi connectivity index (χ0n) is 4.32. The summed E-state index contributed by atoms with van der Waals surface area (Å²) in [6.07, 6.45) is 0.977. The minimum Gasteiger partial charge on any atom is -0.396 e. The number of alkyl halides is 1. The molecule has 0 heterocycles. The van der Waals surface area contributed by atoms with E-state index >= 15 is 0 Å². The zero-order valence-corrected chi connectivity index (χ0v) is 5.07. The second-order valence-electron chi connectivity index (χ2n) is 2.36. The molecule has 0 aliphatic heterocycles. The van der Waals surface area contributed by atoms with E-state index < -0.39 is 0 Å². The van der Waals surface area contributed by atoms with Crippen LogP contribution in [0.25, 0.3) is 0 Å². The van der Waals surface area contributed by atoms with E-state index in [-0.39, 0.29) is 11.5 Å². The summed E-state index contributed by atoms with van der Waals surface area (Å²) < 4.78 is 0. The second kappa shape index (κ2) is 1.36. The molecule has 1 saturated carbocycles. The smallest absolute Gasteiger partial charge is 0.0476 e. The maximum absolute atomic E-state index is 8.46. The van der Waals surface area contributed by atoms with Crippen LogP contribution in [0.4, 0.5) is 0 Å². The molecular weight excluding hydrogens is 112 g/mol. The van der Waals surface area contributed by atoms with Crippen LogP contribution in [-0.4, -0.2) is 16.6 Å². The molecule has 0 saturated heterocycles. The molecule has 42 valence electrons. The van der Waals surface area contributed by atoms with Gasteiger partial charge in [0, 0.05) is 17.4 Å². The highest BCUT2D eigenvalue weighted by Crippen LogP contribution is 2.48. The van der Waals surface area contributed by atoms with E-state index in [2.05, 4.69) is 0 Å². The molecule has 2 atom stereocenters. The van der Waals surface area contributed by atoms with Gasteiger partial charge in [-0.05, 0) is 13.3 Å². The summed E-state index contributed by atoms with van der Waals surface area (Å²) in [5.74, 6) is 0.370. The second-order valence-corrected chi connectivity index (χ2v) is 3.23. The lowest BCUT2D eigenvalue weighted by atomic mass is 10.4. The van der Waals surface area contributed by atoms with E-state index in [1.807, 2.05) is 6.92 Å². The first-order valence-corrected chi connectivity index (χ1v) is 2.84. The largest absolute Gasteiger partial charge is 0.396 e. The van der Waals surface area contributed by atoms with Crippen LogP contribution < -0.4 is 0 Å². The predicted octanol–water partition coefficient (Wildman–Crippen LogP) is 0.996. The lowest BCUT2D eigenvalue weighted by molar-refractivity contribution is 0.272. The Morgan fingerprint density at radius 1 is 2.00 bits per heavy atom. The predicted molar refractivity (Wildman–Crippen MR) is 29.5 cm³/mol. The van der Waals surface area contributed by atoms with Gasteiger partial charge in [-0.3, -0.25) is 0 Å². The average molecular weight is 121 g/mol. The first-order chi connectivity index (χ1) is 3.17. The van der Waals surface area contributed by atoms with Crippen molar-refractivity contribution in [3.63, 3.8) is 0 Å². The van der Waals surface area contributed by atoms with Crippen molar-refractivity contribution < 1.29 is 5.11 Å². The van der Waals surface area contributed by atoms with Gasteiger partial charge in [0.15, 0.2) is 0 Å². The maximum atomic E-state index is 8.46. The topological polar surface area (TPSA) is 20.2 Å². The SMILES string of the molecule is CC1(Cl)CC1CO. The summed E-state index contributed by atoms with van der Waals surface area (Å²) in [7, 11) is 0. The molecule has 1 N–H and O–H groups in total. The van der Waals surface area contributed by atoms with Crippen LogP contribution in [0.1, 0.15) is 13.3 Å². The van der Waals surface area contributed by atoms with Crippen molar-refractivity contribution in [1.82, 2.24) is 0 Å². The third-order valence-electron chi connectivity index (χ3n) is 1.56. The van der Waals surface area contributed by atoms with Crippen LogP contribution in [-0.2, 0) is 0 Å². The summed E-state index contributed by atoms with van der Waals surface area (Å²) in [4.78, 5) is -0.0608. The normalized spacial score (nSPS) is 49.3. The molecule has 0 aromatic heterocycles. The molecule has 0 bridgehead atoms. The Bertz CT molecular complexity index is 80.1. The van der Waals surface area contributed by atoms with E-state index in [1.54, 1.807) is 0 Å². The van der Waals surface area contributed by atoms with Crippen molar-refractivity contribution in [1.29, 1.82) is 0 Å². The molecule has 2 heteroatoms. The third kappa shape index (κ3) is 0.892. The molecule has 2 unspecified atom stereocenters. The minimum atomic E-state index is -0.0608. The minimum absolute atomic E-state index is 0.0608. The van der Waals surface area contributed by atoms with Gasteiger partial charge in [0.2, 0.25) is 0 Å². The van der Waals surface area contributed by atoms with Crippen molar-refractivity contribution in [3.8, 4) is 0 Å². The van der Waals surface area contributed by atoms with Gasteiger partial charge in [0.25, 0.3) is 0 Å². The van der Waals surface area contributed by atoms with Crippen molar-refractivity contribution in [2.75, 3.05) is 6.61 Å². The van der Waals surface area contributed by atoms with Gasteiger partial charge in [-0.15, -0.1) is 11.6 Å². The van der Waals surface area contributed by atoms with Crippen LogP contribution in [0.15, 0.2) is 0 Å². The van der Waals surface area contributed by atoms with Crippen LogP contribution in [0.3, 0.4) is 0 Å². The van der Waals surface area contributed by atoms with Crippen molar-refractivity contribution >= 4 is 11.6 Å². The van der Waals surface area contributed by atoms with E-state index in [1.165, 1.54) is 0 Å². The quantitative estimate of drug-likeness (QED) is 0.512. The van der Waals surface area contributed by atoms with Crippen LogP contribution in [0.5, 0.6) is 0 Å². The first kappa shape index (κ1) is 5.39. The van der Waals surface area contributed by atoms with Gasteiger partial charge < -0.3 is 5.11 Å². The van der Waals surface area contributed by atoms with Gasteiger partial charge in [-0.25, -0.2) is 0 Å². The fourth-order valence-corrected chi connectivity index (χ4v) is 0.933. The van der Waals surface area contributed by atoms with Gasteiger partial charge in [-0.1, -0.05) is 0 Å². The van der Waals surface area contributed by atoms with E-state index in [0.29, 0.717) is 5.92 Å². The number of aliphatic hydroxyl groups is 1. The van der Waals surface area contributed by atoms with Crippen LogP contribution >= 0.6 is 11.6 Å². The number of hydrogen-bond acceptors (Lipinski definition) is 1. The first-order valence-electron chi connectivity index (χ1n) is 2.46.